The van der Waals surface area contributed by atoms with E-state index < -0.39 is 5.97 Å². The number of fused-ring (bicyclic) bond motifs is 1. The fraction of sp³-hybridized carbons (Fsp3) is 0. The van der Waals surface area contributed by atoms with Gasteiger partial charge in [-0.3, -0.25) is 0 Å². The number of hydrogen-bond donors (Lipinski definition) is 1. The number of carboxylic acid groups (broad SMARTS) is 1. The van der Waals surface area contributed by atoms with Gasteiger partial charge in [0.05, 0.1) is 0 Å². The highest BCUT2D eigenvalue weighted by molar-refractivity contribution is 5.90. The van der Waals surface area contributed by atoms with Gasteiger partial charge in [0.2, 0.25) is 11.5 Å². The molecule has 60 valence electrons. The molecule has 0 saturated carbocycles. The van der Waals surface area contributed by atoms with Gasteiger partial charge in [0.15, 0.2) is 0 Å². The van der Waals surface area contributed by atoms with Crippen LogP contribution in [-0.4, -0.2) is 16.1 Å². The largest absolute Gasteiger partial charge is 0.475 e. The number of aromatic nitrogens is 1. The van der Waals surface area contributed by atoms with Crippen LogP contribution in [-0.2, 0) is 0 Å². The maximum Gasteiger partial charge on any atom is 0.371 e. The molecule has 2 rings (SSSR count). The molecular weight excluding hydrogens is 158 g/mol. The Hall–Kier alpha value is -1.84. The van der Waals surface area contributed by atoms with E-state index in [2.05, 4.69) is 4.98 Å². The normalized spacial score (nSPS) is 10.3. The average molecular weight is 163 g/mol. The number of rotatable bonds is 1. The fourth-order valence-corrected chi connectivity index (χ4v) is 0.979. The van der Waals surface area contributed by atoms with Crippen molar-refractivity contribution in [2.75, 3.05) is 0 Å². The van der Waals surface area contributed by atoms with Crippen molar-refractivity contribution in [1.82, 2.24) is 4.98 Å². The SMILES string of the molecule is O=C(O)c1cc2cccnc2o1. The summed E-state index contributed by atoms with van der Waals surface area (Å²) < 4.78 is 4.92. The molecule has 2 heterocycles. The molecule has 4 heteroatoms. The third-order valence-electron chi connectivity index (χ3n) is 1.50. The molecule has 12 heavy (non-hydrogen) atoms. The van der Waals surface area contributed by atoms with Crippen molar-refractivity contribution in [3.8, 4) is 0 Å². The summed E-state index contributed by atoms with van der Waals surface area (Å²) in [5.74, 6) is -1.16. The molecule has 0 aliphatic carbocycles. The molecule has 0 atom stereocenters. The van der Waals surface area contributed by atoms with Gasteiger partial charge < -0.3 is 9.52 Å². The fourth-order valence-electron chi connectivity index (χ4n) is 0.979. The Balaban J connectivity index is 2.70. The standard InChI is InChI=1S/C8H5NO3/c10-8(11)6-4-5-2-1-3-9-7(5)12-6/h1-4H,(H,10,11). The minimum absolute atomic E-state index is 0.0799. The summed E-state index contributed by atoms with van der Waals surface area (Å²) in [4.78, 5) is 14.3. The lowest BCUT2D eigenvalue weighted by molar-refractivity contribution is 0.0664. The molecule has 2 aromatic heterocycles. The molecule has 1 N–H and O–H groups in total. The van der Waals surface area contributed by atoms with E-state index in [9.17, 15) is 4.79 Å². The molecule has 0 spiro atoms. The molecule has 0 saturated heterocycles. The Kier molecular flexibility index (Phi) is 1.33. The average Bonchev–Trinajstić information content (AvgIpc) is 2.46. The highest BCUT2D eigenvalue weighted by Crippen LogP contribution is 2.15. The summed E-state index contributed by atoms with van der Waals surface area (Å²) in [7, 11) is 0. The highest BCUT2D eigenvalue weighted by atomic mass is 16.4. The predicted molar refractivity (Wildman–Crippen MR) is 41.0 cm³/mol. The van der Waals surface area contributed by atoms with E-state index in [1.165, 1.54) is 6.07 Å². The summed E-state index contributed by atoms with van der Waals surface area (Å²) in [6, 6.07) is 4.92. The van der Waals surface area contributed by atoms with Crippen LogP contribution in [0.25, 0.3) is 11.1 Å². The maximum atomic E-state index is 10.4. The summed E-state index contributed by atoms with van der Waals surface area (Å²) in [5.41, 5.74) is 0.356. The molecular formula is C8H5NO3. The third kappa shape index (κ3) is 0.934. The summed E-state index contributed by atoms with van der Waals surface area (Å²) >= 11 is 0. The molecule has 0 aliphatic rings. The summed E-state index contributed by atoms with van der Waals surface area (Å²) in [6.07, 6.45) is 1.55. The van der Waals surface area contributed by atoms with Crippen molar-refractivity contribution < 1.29 is 14.3 Å². The van der Waals surface area contributed by atoms with E-state index in [1.807, 2.05) is 0 Å². The minimum Gasteiger partial charge on any atom is -0.475 e. The lowest BCUT2D eigenvalue weighted by atomic mass is 10.3. The number of furan rings is 1. The maximum absolute atomic E-state index is 10.4. The van der Waals surface area contributed by atoms with Gasteiger partial charge in [-0.1, -0.05) is 0 Å². The van der Waals surface area contributed by atoms with Crippen LogP contribution in [0.4, 0.5) is 0 Å². The third-order valence-corrected chi connectivity index (χ3v) is 1.50. The second kappa shape index (κ2) is 2.34. The second-order valence-electron chi connectivity index (χ2n) is 2.31. The van der Waals surface area contributed by atoms with Gasteiger partial charge in [0, 0.05) is 17.6 Å². The van der Waals surface area contributed by atoms with Gasteiger partial charge in [-0.05, 0) is 12.1 Å². The van der Waals surface area contributed by atoms with E-state index in [-0.39, 0.29) is 5.76 Å². The van der Waals surface area contributed by atoms with Crippen molar-refractivity contribution in [3.63, 3.8) is 0 Å². The van der Waals surface area contributed by atoms with E-state index in [0.717, 1.165) is 0 Å². The van der Waals surface area contributed by atoms with Crippen LogP contribution >= 0.6 is 0 Å². The zero-order chi connectivity index (χ0) is 8.55. The van der Waals surface area contributed by atoms with Crippen LogP contribution in [0.1, 0.15) is 10.6 Å². The smallest absolute Gasteiger partial charge is 0.371 e. The Morgan fingerprint density at radius 1 is 1.58 bits per heavy atom. The van der Waals surface area contributed by atoms with Crippen molar-refractivity contribution in [3.05, 3.63) is 30.2 Å². The molecule has 4 nitrogen and oxygen atoms in total. The Bertz CT molecular complexity index is 400. The Morgan fingerprint density at radius 3 is 3.08 bits per heavy atom. The number of pyridine rings is 1. The van der Waals surface area contributed by atoms with Crippen LogP contribution in [0.15, 0.2) is 28.8 Å². The number of carbonyl (C=O) groups is 1. The van der Waals surface area contributed by atoms with Gasteiger partial charge in [0.1, 0.15) is 0 Å². The van der Waals surface area contributed by atoms with Crippen molar-refractivity contribution in [2.24, 2.45) is 0 Å². The van der Waals surface area contributed by atoms with Crippen LogP contribution in [0.5, 0.6) is 0 Å². The first-order valence-corrected chi connectivity index (χ1v) is 3.35. The van der Waals surface area contributed by atoms with Gasteiger partial charge in [-0.25, -0.2) is 9.78 Å². The molecule has 2 aromatic rings. The minimum atomic E-state index is -1.08. The van der Waals surface area contributed by atoms with Crippen molar-refractivity contribution in [1.29, 1.82) is 0 Å². The van der Waals surface area contributed by atoms with Crippen LogP contribution < -0.4 is 0 Å². The van der Waals surface area contributed by atoms with E-state index in [1.54, 1.807) is 18.3 Å². The first kappa shape index (κ1) is 6.84. The van der Waals surface area contributed by atoms with Crippen LogP contribution in [0.2, 0.25) is 0 Å². The van der Waals surface area contributed by atoms with Crippen molar-refractivity contribution >= 4 is 17.1 Å². The van der Waals surface area contributed by atoms with Crippen molar-refractivity contribution in [2.45, 2.75) is 0 Å². The molecule has 0 unspecified atom stereocenters. The van der Waals surface area contributed by atoms with Gasteiger partial charge in [0.25, 0.3) is 0 Å². The van der Waals surface area contributed by atoms with Gasteiger partial charge >= 0.3 is 5.97 Å². The van der Waals surface area contributed by atoms with Crippen LogP contribution in [0.3, 0.4) is 0 Å². The first-order valence-electron chi connectivity index (χ1n) is 3.35. The monoisotopic (exact) mass is 163 g/mol. The molecule has 0 radical (unpaired) electrons. The number of nitrogens with zero attached hydrogens (tertiary/aromatic N) is 1. The quantitative estimate of drug-likeness (QED) is 0.692. The molecule has 0 aromatic carbocycles. The number of aromatic carboxylic acids is 1. The number of hydrogen-bond acceptors (Lipinski definition) is 3. The Morgan fingerprint density at radius 2 is 2.42 bits per heavy atom. The van der Waals surface area contributed by atoms with E-state index >= 15 is 0 Å². The molecule has 0 fully saturated rings. The molecule has 0 amide bonds. The van der Waals surface area contributed by atoms with Crippen LogP contribution in [0, 0.1) is 0 Å². The summed E-state index contributed by atoms with van der Waals surface area (Å²) in [5, 5.41) is 9.27. The Labute approximate surface area is 67.4 Å². The zero-order valence-corrected chi connectivity index (χ0v) is 6.02. The van der Waals surface area contributed by atoms with Gasteiger partial charge in [-0.2, -0.15) is 0 Å². The second-order valence-corrected chi connectivity index (χ2v) is 2.31. The predicted octanol–water partition coefficient (Wildman–Crippen LogP) is 1.53. The summed E-state index contributed by atoms with van der Waals surface area (Å²) in [6.45, 7) is 0. The first-order chi connectivity index (χ1) is 5.77. The zero-order valence-electron chi connectivity index (χ0n) is 6.02. The van der Waals surface area contributed by atoms with Gasteiger partial charge in [-0.15, -0.1) is 0 Å². The topological polar surface area (TPSA) is 63.3 Å². The number of carboxylic acids is 1. The molecule has 0 aliphatic heterocycles. The highest BCUT2D eigenvalue weighted by Gasteiger charge is 2.09. The lowest BCUT2D eigenvalue weighted by Crippen LogP contribution is -1.91. The van der Waals surface area contributed by atoms with E-state index in [0.29, 0.717) is 11.1 Å². The lowest BCUT2D eigenvalue weighted by Gasteiger charge is -1.82. The van der Waals surface area contributed by atoms with E-state index in [4.69, 9.17) is 9.52 Å². The molecule has 0 bridgehead atoms.